The van der Waals surface area contributed by atoms with Crippen LogP contribution >= 0.6 is 0 Å². The number of esters is 1. The molecule has 5 heteroatoms. The molecule has 0 unspecified atom stereocenters. The highest BCUT2D eigenvalue weighted by Gasteiger charge is 2.17. The molecular weight excluding hydrogens is 328 g/mol. The van der Waals surface area contributed by atoms with Gasteiger partial charge in [-0.15, -0.1) is 0 Å². The number of hydrogen-bond donors (Lipinski definition) is 0. The van der Waals surface area contributed by atoms with Crippen molar-refractivity contribution >= 4 is 11.7 Å². The van der Waals surface area contributed by atoms with Gasteiger partial charge in [-0.2, -0.15) is 0 Å². The molecule has 2 aromatic carbocycles. The SMILES string of the molecule is COC(=O)CCN1CCN(c2ccc(OCc3ccccc3)cc2)CC1. The number of nitrogens with zero attached hydrogens (tertiary/aromatic N) is 2. The van der Waals surface area contributed by atoms with E-state index in [1.165, 1.54) is 18.4 Å². The van der Waals surface area contributed by atoms with Crippen molar-refractivity contribution in [3.05, 3.63) is 60.2 Å². The van der Waals surface area contributed by atoms with Crippen molar-refractivity contribution in [2.24, 2.45) is 0 Å². The van der Waals surface area contributed by atoms with Crippen LogP contribution in [-0.2, 0) is 16.1 Å². The van der Waals surface area contributed by atoms with Gasteiger partial charge in [-0.25, -0.2) is 0 Å². The third-order valence-electron chi connectivity index (χ3n) is 4.68. The lowest BCUT2D eigenvalue weighted by Crippen LogP contribution is -2.46. The van der Waals surface area contributed by atoms with Crippen LogP contribution in [0.2, 0.25) is 0 Å². The van der Waals surface area contributed by atoms with Crippen molar-refractivity contribution in [3.8, 4) is 5.75 Å². The van der Waals surface area contributed by atoms with Gasteiger partial charge in [0.25, 0.3) is 0 Å². The molecule has 0 bridgehead atoms. The molecule has 26 heavy (non-hydrogen) atoms. The first-order valence-corrected chi connectivity index (χ1v) is 9.05. The Labute approximate surface area is 155 Å². The van der Waals surface area contributed by atoms with Gasteiger partial charge < -0.3 is 14.4 Å². The Kier molecular flexibility index (Phi) is 6.50. The van der Waals surface area contributed by atoms with Crippen LogP contribution in [0.25, 0.3) is 0 Å². The Bertz CT molecular complexity index is 680. The molecule has 5 nitrogen and oxygen atoms in total. The fourth-order valence-electron chi connectivity index (χ4n) is 3.08. The maximum atomic E-state index is 11.2. The first-order chi connectivity index (χ1) is 12.7. The van der Waals surface area contributed by atoms with Crippen LogP contribution in [-0.4, -0.2) is 50.7 Å². The van der Waals surface area contributed by atoms with Gasteiger partial charge in [0.2, 0.25) is 0 Å². The summed E-state index contributed by atoms with van der Waals surface area (Å²) in [6.07, 6.45) is 0.462. The van der Waals surface area contributed by atoms with E-state index in [1.807, 2.05) is 30.3 Å². The molecule has 1 aliphatic heterocycles. The van der Waals surface area contributed by atoms with Crippen molar-refractivity contribution in [2.75, 3.05) is 44.7 Å². The number of hydrogen-bond acceptors (Lipinski definition) is 5. The number of ether oxygens (including phenoxy) is 2. The van der Waals surface area contributed by atoms with Crippen LogP contribution < -0.4 is 9.64 Å². The molecule has 1 aliphatic rings. The summed E-state index contributed by atoms with van der Waals surface area (Å²) >= 11 is 0. The van der Waals surface area contributed by atoms with Crippen LogP contribution in [0.3, 0.4) is 0 Å². The second kappa shape index (κ2) is 9.25. The zero-order valence-corrected chi connectivity index (χ0v) is 15.3. The average Bonchev–Trinajstić information content (AvgIpc) is 2.72. The quantitative estimate of drug-likeness (QED) is 0.715. The Hall–Kier alpha value is -2.53. The van der Waals surface area contributed by atoms with Gasteiger partial charge in [0.15, 0.2) is 0 Å². The van der Waals surface area contributed by atoms with E-state index in [1.54, 1.807) is 0 Å². The van der Waals surface area contributed by atoms with Gasteiger partial charge in [-0.3, -0.25) is 9.69 Å². The van der Waals surface area contributed by atoms with E-state index in [0.717, 1.165) is 38.5 Å². The Balaban J connectivity index is 1.45. The normalized spacial score (nSPS) is 14.9. The van der Waals surface area contributed by atoms with E-state index in [4.69, 9.17) is 9.47 Å². The highest BCUT2D eigenvalue weighted by molar-refractivity contribution is 5.69. The lowest BCUT2D eigenvalue weighted by molar-refractivity contribution is -0.141. The fraction of sp³-hybridized carbons (Fsp3) is 0.381. The zero-order valence-electron chi connectivity index (χ0n) is 15.3. The van der Waals surface area contributed by atoms with Crippen molar-refractivity contribution in [2.45, 2.75) is 13.0 Å². The predicted molar refractivity (Wildman–Crippen MR) is 103 cm³/mol. The number of carbonyl (C=O) groups excluding carboxylic acids is 1. The standard InChI is InChI=1S/C21H26N2O3/c1-25-21(24)11-12-22-13-15-23(16-14-22)19-7-9-20(10-8-19)26-17-18-5-3-2-4-6-18/h2-10H,11-17H2,1H3. The van der Waals surface area contributed by atoms with Crippen LogP contribution in [0.15, 0.2) is 54.6 Å². The molecule has 3 rings (SSSR count). The summed E-state index contributed by atoms with van der Waals surface area (Å²) in [7, 11) is 1.44. The fourth-order valence-corrected chi connectivity index (χ4v) is 3.08. The summed E-state index contributed by atoms with van der Waals surface area (Å²) in [5.41, 5.74) is 2.38. The average molecular weight is 354 g/mol. The maximum absolute atomic E-state index is 11.2. The maximum Gasteiger partial charge on any atom is 0.306 e. The number of rotatable bonds is 7. The van der Waals surface area contributed by atoms with Gasteiger partial charge in [-0.05, 0) is 29.8 Å². The lowest BCUT2D eigenvalue weighted by atomic mass is 10.2. The van der Waals surface area contributed by atoms with Crippen LogP contribution in [0, 0.1) is 0 Å². The monoisotopic (exact) mass is 354 g/mol. The van der Waals surface area contributed by atoms with Gasteiger partial charge in [-0.1, -0.05) is 30.3 Å². The molecule has 0 aromatic heterocycles. The molecular formula is C21H26N2O3. The number of anilines is 1. The molecule has 0 aliphatic carbocycles. The molecule has 0 radical (unpaired) electrons. The Morgan fingerprint density at radius 2 is 1.65 bits per heavy atom. The van der Waals surface area contributed by atoms with E-state index >= 15 is 0 Å². The summed E-state index contributed by atoms with van der Waals surface area (Å²) in [6.45, 7) is 5.20. The summed E-state index contributed by atoms with van der Waals surface area (Å²) in [6, 6.07) is 18.5. The van der Waals surface area contributed by atoms with E-state index in [9.17, 15) is 4.79 Å². The van der Waals surface area contributed by atoms with Crippen LogP contribution in [0.4, 0.5) is 5.69 Å². The highest BCUT2D eigenvalue weighted by Crippen LogP contribution is 2.21. The minimum absolute atomic E-state index is 0.140. The first kappa shape index (κ1) is 18.3. The topological polar surface area (TPSA) is 42.0 Å². The van der Waals surface area contributed by atoms with Crippen LogP contribution in [0.1, 0.15) is 12.0 Å². The van der Waals surface area contributed by atoms with Gasteiger partial charge >= 0.3 is 5.97 Å². The van der Waals surface area contributed by atoms with Gasteiger partial charge in [0.1, 0.15) is 12.4 Å². The molecule has 2 aromatic rings. The summed E-state index contributed by atoms with van der Waals surface area (Å²) in [4.78, 5) is 15.9. The van der Waals surface area contributed by atoms with Crippen molar-refractivity contribution in [3.63, 3.8) is 0 Å². The molecule has 1 saturated heterocycles. The minimum atomic E-state index is -0.140. The number of benzene rings is 2. The lowest BCUT2D eigenvalue weighted by Gasteiger charge is -2.36. The molecule has 1 fully saturated rings. The van der Waals surface area contributed by atoms with Crippen molar-refractivity contribution < 1.29 is 14.3 Å². The number of piperazine rings is 1. The smallest absolute Gasteiger partial charge is 0.306 e. The molecule has 0 atom stereocenters. The molecule has 0 saturated carbocycles. The molecule has 0 N–H and O–H groups in total. The second-order valence-corrected chi connectivity index (χ2v) is 6.42. The largest absolute Gasteiger partial charge is 0.489 e. The van der Waals surface area contributed by atoms with E-state index < -0.39 is 0 Å². The first-order valence-electron chi connectivity index (χ1n) is 9.05. The summed E-state index contributed by atoms with van der Waals surface area (Å²) in [5.74, 6) is 0.743. The highest BCUT2D eigenvalue weighted by atomic mass is 16.5. The zero-order chi connectivity index (χ0) is 18.2. The van der Waals surface area contributed by atoms with Gasteiger partial charge in [0, 0.05) is 38.4 Å². The van der Waals surface area contributed by atoms with Crippen molar-refractivity contribution in [1.29, 1.82) is 0 Å². The van der Waals surface area contributed by atoms with Gasteiger partial charge in [0.05, 0.1) is 13.5 Å². The Morgan fingerprint density at radius 1 is 0.962 bits per heavy atom. The van der Waals surface area contributed by atoms with E-state index in [2.05, 4.69) is 34.1 Å². The summed E-state index contributed by atoms with van der Waals surface area (Å²) < 4.78 is 10.5. The third kappa shape index (κ3) is 5.23. The summed E-state index contributed by atoms with van der Waals surface area (Å²) in [5, 5.41) is 0. The van der Waals surface area contributed by atoms with Crippen LogP contribution in [0.5, 0.6) is 5.75 Å². The molecule has 1 heterocycles. The third-order valence-corrected chi connectivity index (χ3v) is 4.68. The second-order valence-electron chi connectivity index (χ2n) is 6.42. The molecule has 0 amide bonds. The number of methoxy groups -OCH3 is 1. The molecule has 138 valence electrons. The Morgan fingerprint density at radius 3 is 2.31 bits per heavy atom. The predicted octanol–water partition coefficient (Wildman–Crippen LogP) is 2.95. The number of carbonyl (C=O) groups is 1. The minimum Gasteiger partial charge on any atom is -0.489 e. The van der Waals surface area contributed by atoms with Crippen molar-refractivity contribution in [1.82, 2.24) is 4.90 Å². The molecule has 0 spiro atoms. The van der Waals surface area contributed by atoms with E-state index in [-0.39, 0.29) is 5.97 Å². The van der Waals surface area contributed by atoms with E-state index in [0.29, 0.717) is 13.0 Å².